The second-order valence-corrected chi connectivity index (χ2v) is 5.45. The third-order valence-corrected chi connectivity index (χ3v) is 3.69. The van der Waals surface area contributed by atoms with Crippen molar-refractivity contribution in [2.45, 2.75) is 30.2 Å². The number of hydrogen-bond acceptors (Lipinski definition) is 3. The van der Waals surface area contributed by atoms with Crippen molar-refractivity contribution in [1.29, 1.82) is 0 Å². The molecule has 1 rings (SSSR count). The van der Waals surface area contributed by atoms with Crippen molar-refractivity contribution in [2.75, 3.05) is 5.75 Å². The molecule has 18 heavy (non-hydrogen) atoms. The highest BCUT2D eigenvalue weighted by atomic mass is 32.2. The van der Waals surface area contributed by atoms with Crippen LogP contribution in [0, 0.1) is 11.6 Å². The Hall–Kier alpha value is -1.14. The molecule has 0 radical (unpaired) electrons. The number of nitrogens with two attached hydrogens (primary N) is 2. The quantitative estimate of drug-likeness (QED) is 0.616. The summed E-state index contributed by atoms with van der Waals surface area (Å²) in [5, 5.41) is 0. The maximum Gasteiger partial charge on any atom is 0.237 e. The van der Waals surface area contributed by atoms with E-state index in [1.54, 1.807) is 6.92 Å². The van der Waals surface area contributed by atoms with Gasteiger partial charge < -0.3 is 11.5 Å². The van der Waals surface area contributed by atoms with Gasteiger partial charge in [0.15, 0.2) is 0 Å². The summed E-state index contributed by atoms with van der Waals surface area (Å²) in [7, 11) is 0. The van der Waals surface area contributed by atoms with Crippen molar-refractivity contribution >= 4 is 17.7 Å². The number of benzene rings is 1. The normalized spacial score (nSPS) is 14.2. The summed E-state index contributed by atoms with van der Waals surface area (Å²) in [5.74, 6) is -1.14. The van der Waals surface area contributed by atoms with Crippen molar-refractivity contribution in [1.82, 2.24) is 0 Å². The number of rotatable bonds is 6. The Kier molecular flexibility index (Phi) is 5.10. The molecule has 1 atom stereocenters. The lowest BCUT2D eigenvalue weighted by atomic mass is 9.97. The summed E-state index contributed by atoms with van der Waals surface area (Å²) in [6.45, 7) is 1.57. The van der Waals surface area contributed by atoms with Gasteiger partial charge in [-0.3, -0.25) is 4.79 Å². The fraction of sp³-hybridized carbons (Fsp3) is 0.417. The maximum absolute atomic E-state index is 13.3. The van der Waals surface area contributed by atoms with E-state index in [0.717, 1.165) is 6.07 Å². The van der Waals surface area contributed by atoms with Crippen LogP contribution in [0.15, 0.2) is 23.1 Å². The monoisotopic (exact) mass is 274 g/mol. The molecule has 0 saturated heterocycles. The van der Waals surface area contributed by atoms with Gasteiger partial charge in [0.2, 0.25) is 5.91 Å². The maximum atomic E-state index is 13.3. The standard InChI is InChI=1S/C12H16F2N2OS/c1-12(16,11(15)17)5-2-6-18-10-4-3-8(13)7-9(10)14/h3-4,7H,2,5-6,16H2,1H3,(H2,15,17). The SMILES string of the molecule is CC(N)(CCCSc1ccc(F)cc1F)C(N)=O. The Balaban J connectivity index is 2.41. The molecule has 0 saturated carbocycles. The molecule has 0 fully saturated rings. The predicted octanol–water partition coefficient (Wildman–Crippen LogP) is 2.04. The third kappa shape index (κ3) is 4.27. The first kappa shape index (κ1) is 14.9. The smallest absolute Gasteiger partial charge is 0.237 e. The van der Waals surface area contributed by atoms with Crippen molar-refractivity contribution in [2.24, 2.45) is 11.5 Å². The highest BCUT2D eigenvalue weighted by Gasteiger charge is 2.24. The molecule has 6 heteroatoms. The lowest BCUT2D eigenvalue weighted by Crippen LogP contribution is -2.49. The van der Waals surface area contributed by atoms with Crippen LogP contribution in [0.2, 0.25) is 0 Å². The zero-order chi connectivity index (χ0) is 13.8. The van der Waals surface area contributed by atoms with E-state index >= 15 is 0 Å². The molecular formula is C12H16F2N2OS. The lowest BCUT2D eigenvalue weighted by molar-refractivity contribution is -0.122. The highest BCUT2D eigenvalue weighted by molar-refractivity contribution is 7.99. The van der Waals surface area contributed by atoms with Crippen LogP contribution in [-0.4, -0.2) is 17.2 Å². The number of hydrogen-bond donors (Lipinski definition) is 2. The molecule has 0 heterocycles. The minimum Gasteiger partial charge on any atom is -0.368 e. The average Bonchev–Trinajstić information content (AvgIpc) is 2.26. The molecule has 1 aromatic rings. The molecule has 100 valence electrons. The molecule has 0 aromatic heterocycles. The Labute approximate surface area is 109 Å². The van der Waals surface area contributed by atoms with E-state index in [-0.39, 0.29) is 0 Å². The first-order valence-corrected chi connectivity index (χ1v) is 6.48. The highest BCUT2D eigenvalue weighted by Crippen LogP contribution is 2.24. The average molecular weight is 274 g/mol. The fourth-order valence-corrected chi connectivity index (χ4v) is 2.21. The van der Waals surface area contributed by atoms with Crippen LogP contribution in [0.25, 0.3) is 0 Å². The van der Waals surface area contributed by atoms with E-state index in [4.69, 9.17) is 11.5 Å². The van der Waals surface area contributed by atoms with Gasteiger partial charge in [0, 0.05) is 11.0 Å². The zero-order valence-corrected chi connectivity index (χ0v) is 10.9. The second-order valence-electron chi connectivity index (χ2n) is 4.31. The van der Waals surface area contributed by atoms with E-state index in [0.29, 0.717) is 23.5 Å². The number of thioether (sulfide) groups is 1. The summed E-state index contributed by atoms with van der Waals surface area (Å²) < 4.78 is 25.9. The molecule has 0 bridgehead atoms. The van der Waals surface area contributed by atoms with E-state index in [2.05, 4.69) is 0 Å². The first-order valence-electron chi connectivity index (χ1n) is 5.49. The molecule has 0 aliphatic rings. The van der Waals surface area contributed by atoms with Crippen molar-refractivity contribution < 1.29 is 13.6 Å². The van der Waals surface area contributed by atoms with Crippen molar-refractivity contribution in [3.63, 3.8) is 0 Å². The molecule has 0 aliphatic heterocycles. The van der Waals surface area contributed by atoms with Gasteiger partial charge in [-0.25, -0.2) is 8.78 Å². The van der Waals surface area contributed by atoms with Gasteiger partial charge in [0.1, 0.15) is 11.6 Å². The van der Waals surface area contributed by atoms with E-state index in [9.17, 15) is 13.6 Å². The van der Waals surface area contributed by atoms with Crippen LogP contribution in [0.1, 0.15) is 19.8 Å². The van der Waals surface area contributed by atoms with E-state index in [1.807, 2.05) is 0 Å². The molecule has 1 unspecified atom stereocenters. The largest absolute Gasteiger partial charge is 0.368 e. The number of amides is 1. The summed E-state index contributed by atoms with van der Waals surface area (Å²) >= 11 is 1.26. The van der Waals surface area contributed by atoms with Crippen LogP contribution in [-0.2, 0) is 4.79 Å². The summed E-state index contributed by atoms with van der Waals surface area (Å²) in [4.78, 5) is 11.3. The molecule has 4 N–H and O–H groups in total. The Morgan fingerprint density at radius 2 is 2.11 bits per heavy atom. The first-order chi connectivity index (χ1) is 8.33. The van der Waals surface area contributed by atoms with Crippen LogP contribution in [0.4, 0.5) is 8.78 Å². The summed E-state index contributed by atoms with van der Waals surface area (Å²) in [6.07, 6.45) is 1.05. The molecule has 1 amide bonds. The minimum atomic E-state index is -1.04. The van der Waals surface area contributed by atoms with Crippen LogP contribution in [0.5, 0.6) is 0 Å². The van der Waals surface area contributed by atoms with Gasteiger partial charge in [0.05, 0.1) is 5.54 Å². The minimum absolute atomic E-state index is 0.384. The van der Waals surface area contributed by atoms with Crippen molar-refractivity contribution in [3.8, 4) is 0 Å². The van der Waals surface area contributed by atoms with Crippen LogP contribution >= 0.6 is 11.8 Å². The Morgan fingerprint density at radius 3 is 2.67 bits per heavy atom. The Bertz CT molecular complexity index is 438. The van der Waals surface area contributed by atoms with Crippen LogP contribution in [0.3, 0.4) is 0 Å². The number of carbonyl (C=O) groups is 1. The van der Waals surface area contributed by atoms with Gasteiger partial charge >= 0.3 is 0 Å². The van der Waals surface area contributed by atoms with Gasteiger partial charge in [-0.2, -0.15) is 0 Å². The third-order valence-electron chi connectivity index (χ3n) is 2.55. The number of halogens is 2. The van der Waals surface area contributed by atoms with Crippen LogP contribution < -0.4 is 11.5 Å². The summed E-state index contributed by atoms with van der Waals surface area (Å²) in [5.41, 5.74) is 9.77. The summed E-state index contributed by atoms with van der Waals surface area (Å²) in [6, 6.07) is 3.45. The molecule has 0 spiro atoms. The van der Waals surface area contributed by atoms with E-state index < -0.39 is 23.1 Å². The Morgan fingerprint density at radius 1 is 1.44 bits per heavy atom. The van der Waals surface area contributed by atoms with Gasteiger partial charge in [-0.1, -0.05) is 0 Å². The molecule has 3 nitrogen and oxygen atoms in total. The number of carbonyl (C=O) groups excluding carboxylic acids is 1. The topological polar surface area (TPSA) is 69.1 Å². The molecule has 1 aromatic carbocycles. The second kappa shape index (κ2) is 6.15. The molecular weight excluding hydrogens is 258 g/mol. The fourth-order valence-electron chi connectivity index (χ4n) is 1.34. The zero-order valence-electron chi connectivity index (χ0n) is 10.1. The van der Waals surface area contributed by atoms with Gasteiger partial charge in [0.25, 0.3) is 0 Å². The van der Waals surface area contributed by atoms with Gasteiger partial charge in [-0.15, -0.1) is 11.8 Å². The van der Waals surface area contributed by atoms with Crippen molar-refractivity contribution in [3.05, 3.63) is 29.8 Å². The lowest BCUT2D eigenvalue weighted by Gasteiger charge is -2.19. The predicted molar refractivity (Wildman–Crippen MR) is 68.1 cm³/mol. The van der Waals surface area contributed by atoms with E-state index in [1.165, 1.54) is 23.9 Å². The number of primary amides is 1. The van der Waals surface area contributed by atoms with Gasteiger partial charge in [-0.05, 0) is 37.7 Å². The molecule has 0 aliphatic carbocycles.